The topological polar surface area (TPSA) is 126 Å². The standard InChI is InChI=1S/C9H10N4O5/c10-12-6-7(15)11-9(16)13-5-1-3(14)4(18-5)2-17-8(6)13/h3-5,8,10,14H,1-2H2/p+1. The molecule has 96 valence electrons. The molecule has 0 spiro atoms. The van der Waals surface area contributed by atoms with E-state index in [0.717, 1.165) is 4.90 Å². The van der Waals surface area contributed by atoms with Gasteiger partial charge in [-0.25, -0.2) is 4.79 Å². The molecule has 0 saturated carbocycles. The third-order valence-corrected chi connectivity index (χ3v) is 3.23. The predicted molar refractivity (Wildman–Crippen MR) is 52.4 cm³/mol. The highest BCUT2D eigenvalue weighted by molar-refractivity contribution is 6.42. The molecular formula is C9H11N4O5+. The molecule has 2 bridgehead atoms. The number of nitrogens with one attached hydrogen (secondary N) is 2. The van der Waals surface area contributed by atoms with Crippen LogP contribution in [0.5, 0.6) is 0 Å². The Labute approximate surface area is 101 Å². The van der Waals surface area contributed by atoms with Crippen molar-refractivity contribution < 1.29 is 29.0 Å². The number of carbonyl (C=O) groups excluding carboxylic acids is 2. The first-order valence-corrected chi connectivity index (χ1v) is 5.45. The lowest BCUT2D eigenvalue weighted by Gasteiger charge is -2.33. The van der Waals surface area contributed by atoms with E-state index >= 15 is 0 Å². The summed E-state index contributed by atoms with van der Waals surface area (Å²) in [5.74, 6) is -0.741. The number of rotatable bonds is 0. The Hall–Kier alpha value is -1.80. The summed E-state index contributed by atoms with van der Waals surface area (Å²) in [4.78, 5) is 27.5. The molecular weight excluding hydrogens is 244 g/mol. The van der Waals surface area contributed by atoms with Crippen LogP contribution in [0.2, 0.25) is 0 Å². The maximum absolute atomic E-state index is 11.8. The minimum absolute atomic E-state index is 0.0401. The Bertz CT molecular complexity index is 474. The van der Waals surface area contributed by atoms with E-state index in [9.17, 15) is 14.7 Å². The number of nitrogens with zero attached hydrogens (tertiary/aromatic N) is 2. The van der Waals surface area contributed by atoms with Gasteiger partial charge in [0, 0.05) is 6.42 Å². The summed E-state index contributed by atoms with van der Waals surface area (Å²) in [7, 11) is 0. The first-order valence-electron chi connectivity index (χ1n) is 5.45. The summed E-state index contributed by atoms with van der Waals surface area (Å²) >= 11 is 0. The van der Waals surface area contributed by atoms with Gasteiger partial charge in [0.2, 0.25) is 0 Å². The summed E-state index contributed by atoms with van der Waals surface area (Å²) in [5, 5.41) is 11.7. The second-order valence-electron chi connectivity index (χ2n) is 4.28. The number of urea groups is 1. The fourth-order valence-electron chi connectivity index (χ4n) is 2.34. The second kappa shape index (κ2) is 3.85. The minimum Gasteiger partial charge on any atom is -0.390 e. The van der Waals surface area contributed by atoms with Crippen LogP contribution >= 0.6 is 0 Å². The Morgan fingerprint density at radius 1 is 1.50 bits per heavy atom. The molecule has 4 atom stereocenters. The van der Waals surface area contributed by atoms with Crippen LogP contribution in [-0.4, -0.2) is 63.7 Å². The number of amides is 3. The van der Waals surface area contributed by atoms with E-state index in [2.05, 4.69) is 10.1 Å². The number of fused-ring (bicyclic) bond motifs is 4. The van der Waals surface area contributed by atoms with Crippen LogP contribution in [0.1, 0.15) is 6.42 Å². The van der Waals surface area contributed by atoms with Crippen LogP contribution in [0.4, 0.5) is 4.79 Å². The highest BCUT2D eigenvalue weighted by Crippen LogP contribution is 2.30. The lowest BCUT2D eigenvalue weighted by atomic mass is 10.1. The molecule has 0 aliphatic carbocycles. The number of aliphatic hydroxyl groups excluding tert-OH is 1. The van der Waals surface area contributed by atoms with Crippen molar-refractivity contribution in [2.24, 2.45) is 0 Å². The van der Waals surface area contributed by atoms with Gasteiger partial charge in [-0.2, -0.15) is 0 Å². The van der Waals surface area contributed by atoms with Crippen molar-refractivity contribution >= 4 is 17.6 Å². The highest BCUT2D eigenvalue weighted by Gasteiger charge is 2.55. The number of aliphatic hydroxyl groups is 1. The number of carbonyl (C=O) groups is 2. The van der Waals surface area contributed by atoms with Gasteiger partial charge >= 0.3 is 17.6 Å². The monoisotopic (exact) mass is 255 g/mol. The van der Waals surface area contributed by atoms with Crippen molar-refractivity contribution in [1.82, 2.24) is 10.2 Å². The van der Waals surface area contributed by atoms with Crippen molar-refractivity contribution in [2.45, 2.75) is 31.1 Å². The maximum Gasteiger partial charge on any atom is 0.454 e. The normalized spacial score (nSPS) is 38.9. The Morgan fingerprint density at radius 2 is 2.28 bits per heavy atom. The first-order chi connectivity index (χ1) is 8.61. The van der Waals surface area contributed by atoms with E-state index in [0.29, 0.717) is 0 Å². The molecule has 3 N–H and O–H groups in total. The molecule has 9 nitrogen and oxygen atoms in total. The Morgan fingerprint density at radius 3 is 3.00 bits per heavy atom. The molecule has 9 heteroatoms. The average Bonchev–Trinajstić information content (AvgIpc) is 2.55. The maximum atomic E-state index is 11.8. The zero-order valence-corrected chi connectivity index (χ0v) is 9.20. The van der Waals surface area contributed by atoms with Crippen LogP contribution in [0.25, 0.3) is 0 Å². The van der Waals surface area contributed by atoms with Crippen LogP contribution in [0.3, 0.4) is 0 Å². The number of hydrogen-bond acceptors (Lipinski definition) is 6. The highest BCUT2D eigenvalue weighted by atomic mass is 16.6. The zero-order chi connectivity index (χ0) is 12.9. The van der Waals surface area contributed by atoms with Crippen molar-refractivity contribution in [3.63, 3.8) is 0 Å². The second-order valence-corrected chi connectivity index (χ2v) is 4.28. The first kappa shape index (κ1) is 11.3. The van der Waals surface area contributed by atoms with Crippen LogP contribution in [0, 0.1) is 5.53 Å². The molecule has 3 amide bonds. The zero-order valence-electron chi connectivity index (χ0n) is 9.20. The van der Waals surface area contributed by atoms with E-state index in [4.69, 9.17) is 15.0 Å². The molecule has 3 aliphatic rings. The smallest absolute Gasteiger partial charge is 0.390 e. The molecule has 18 heavy (non-hydrogen) atoms. The van der Waals surface area contributed by atoms with Gasteiger partial charge in [-0.3, -0.25) is 15.0 Å². The third-order valence-electron chi connectivity index (χ3n) is 3.23. The van der Waals surface area contributed by atoms with Crippen molar-refractivity contribution in [3.8, 4) is 0 Å². The molecule has 0 aromatic carbocycles. The van der Waals surface area contributed by atoms with E-state index in [1.54, 1.807) is 0 Å². The Balaban J connectivity index is 1.99. The number of imide groups is 1. The molecule has 0 aromatic heterocycles. The molecule has 3 saturated heterocycles. The third kappa shape index (κ3) is 1.46. The quantitative estimate of drug-likeness (QED) is 0.342. The van der Waals surface area contributed by atoms with Crippen molar-refractivity contribution in [2.75, 3.05) is 6.61 Å². The van der Waals surface area contributed by atoms with Crippen molar-refractivity contribution in [1.29, 1.82) is 5.53 Å². The molecule has 3 aliphatic heterocycles. The minimum atomic E-state index is -1.02. The molecule has 0 radical (unpaired) electrons. The fraction of sp³-hybridized carbons (Fsp3) is 0.667. The van der Waals surface area contributed by atoms with Crippen molar-refractivity contribution in [3.05, 3.63) is 0 Å². The van der Waals surface area contributed by atoms with Gasteiger partial charge < -0.3 is 14.6 Å². The van der Waals surface area contributed by atoms with Crippen LogP contribution < -0.4 is 5.32 Å². The molecule has 3 rings (SSSR count). The summed E-state index contributed by atoms with van der Waals surface area (Å²) in [6.07, 6.45) is -2.70. The van der Waals surface area contributed by atoms with Gasteiger partial charge in [-0.05, 0) is 0 Å². The molecule has 3 fully saturated rings. The Kier molecular flexibility index (Phi) is 2.42. The van der Waals surface area contributed by atoms with Gasteiger partial charge in [0.05, 0.1) is 23.0 Å². The van der Waals surface area contributed by atoms with E-state index in [-0.39, 0.29) is 18.7 Å². The van der Waals surface area contributed by atoms with E-state index in [1.807, 2.05) is 0 Å². The number of hydrogen-bond donors (Lipinski definition) is 3. The molecule has 4 unspecified atom stereocenters. The summed E-state index contributed by atoms with van der Waals surface area (Å²) in [6.45, 7) is 0.0401. The van der Waals surface area contributed by atoms with E-state index in [1.165, 1.54) is 0 Å². The average molecular weight is 255 g/mol. The predicted octanol–water partition coefficient (Wildman–Crippen LogP) is -1.95. The lowest BCUT2D eigenvalue weighted by molar-refractivity contribution is -0.157. The van der Waals surface area contributed by atoms with E-state index < -0.39 is 36.6 Å². The van der Waals surface area contributed by atoms with Gasteiger partial charge in [0.15, 0.2) is 0 Å². The fourth-order valence-corrected chi connectivity index (χ4v) is 2.34. The van der Waals surface area contributed by atoms with Crippen LogP contribution in [0.15, 0.2) is 0 Å². The van der Waals surface area contributed by atoms with Gasteiger partial charge in [0.25, 0.3) is 6.23 Å². The largest absolute Gasteiger partial charge is 0.454 e. The van der Waals surface area contributed by atoms with Crippen LogP contribution in [-0.2, 0) is 14.3 Å². The SMILES string of the molecule is N=[N+]=C1C(=O)NC(=O)N2C3CC(O)C(COC12)O3. The van der Waals surface area contributed by atoms with Gasteiger partial charge in [-0.1, -0.05) is 0 Å². The van der Waals surface area contributed by atoms with Gasteiger partial charge in [-0.15, -0.1) is 0 Å². The number of ether oxygens (including phenoxy) is 2. The lowest BCUT2D eigenvalue weighted by Crippen LogP contribution is -2.64. The van der Waals surface area contributed by atoms with Gasteiger partial charge in [0.1, 0.15) is 12.3 Å². The summed E-state index contributed by atoms with van der Waals surface area (Å²) in [5.41, 5.74) is 6.79. The summed E-state index contributed by atoms with van der Waals surface area (Å²) < 4.78 is 10.8. The molecule has 3 heterocycles. The molecule has 0 aromatic rings. The summed E-state index contributed by atoms with van der Waals surface area (Å²) in [6, 6.07) is -0.669.